The lowest BCUT2D eigenvalue weighted by atomic mass is 10.0. The molecule has 0 aliphatic heterocycles. The zero-order valence-corrected chi connectivity index (χ0v) is 23.6. The molecule has 0 bridgehead atoms. The molecule has 2 rings (SSSR count). The summed E-state index contributed by atoms with van der Waals surface area (Å²) in [4.78, 5) is 2.43. The van der Waals surface area contributed by atoms with Crippen LogP contribution in [0.5, 0.6) is 0 Å². The lowest BCUT2D eigenvalue weighted by molar-refractivity contribution is 0.0421. The Morgan fingerprint density at radius 2 is 0.917 bits per heavy atom. The maximum Gasteiger partial charge on any atom is 0.0693 e. The van der Waals surface area contributed by atoms with Gasteiger partial charge in [0.1, 0.15) is 0 Å². The van der Waals surface area contributed by atoms with Crippen molar-refractivity contribution in [2.75, 3.05) is 0 Å². The number of aliphatic hydroxyl groups is 1. The minimum atomic E-state index is -0.278. The molecule has 0 aliphatic carbocycles. The number of hydrogen-bond acceptors (Lipinski definition) is 2. The Labute approximate surface area is 223 Å². The molecular weight excluding hydrogens is 438 g/mol. The van der Waals surface area contributed by atoms with E-state index in [1.54, 1.807) is 0 Å². The van der Waals surface area contributed by atoms with Crippen LogP contribution in [-0.2, 0) is 13.1 Å². The fourth-order valence-corrected chi connectivity index (χ4v) is 5.19. The summed E-state index contributed by atoms with van der Waals surface area (Å²) in [5, 5.41) is 11.0. The normalized spacial score (nSPS) is 13.2. The average molecular weight is 494 g/mol. The predicted octanol–water partition coefficient (Wildman–Crippen LogP) is 9.70. The first kappa shape index (κ1) is 30.6. The molecule has 202 valence electrons. The van der Waals surface area contributed by atoms with Gasteiger partial charge in [-0.15, -0.1) is 0 Å². The molecule has 2 aromatic carbocycles. The average Bonchev–Trinajstić information content (AvgIpc) is 2.91. The van der Waals surface area contributed by atoms with Gasteiger partial charge in [0.25, 0.3) is 0 Å². The Kier molecular flexibility index (Phi) is 17.3. The first-order valence-electron chi connectivity index (χ1n) is 15.2. The van der Waals surface area contributed by atoms with Gasteiger partial charge in [-0.3, -0.25) is 4.90 Å². The summed E-state index contributed by atoms with van der Waals surface area (Å²) in [5.74, 6) is 0. The molecule has 0 radical (unpaired) electrons. The molecule has 36 heavy (non-hydrogen) atoms. The first-order valence-corrected chi connectivity index (χ1v) is 15.2. The fourth-order valence-electron chi connectivity index (χ4n) is 5.19. The topological polar surface area (TPSA) is 23.5 Å². The van der Waals surface area contributed by atoms with E-state index in [0.29, 0.717) is 0 Å². The SMILES string of the molecule is CCCCCCCCCCCCCCCCCC(O)C(C)N(Cc1ccccc1)Cc1ccccc1. The van der Waals surface area contributed by atoms with E-state index in [1.807, 2.05) is 0 Å². The summed E-state index contributed by atoms with van der Waals surface area (Å²) >= 11 is 0. The van der Waals surface area contributed by atoms with E-state index >= 15 is 0 Å². The van der Waals surface area contributed by atoms with Crippen LogP contribution in [0.15, 0.2) is 60.7 Å². The van der Waals surface area contributed by atoms with Crippen LogP contribution in [0.25, 0.3) is 0 Å². The Hall–Kier alpha value is -1.64. The van der Waals surface area contributed by atoms with Gasteiger partial charge in [-0.2, -0.15) is 0 Å². The third-order valence-electron chi connectivity index (χ3n) is 7.69. The minimum Gasteiger partial charge on any atom is -0.392 e. The van der Waals surface area contributed by atoms with Gasteiger partial charge in [-0.1, -0.05) is 164 Å². The van der Waals surface area contributed by atoms with E-state index in [2.05, 4.69) is 79.4 Å². The highest BCUT2D eigenvalue weighted by atomic mass is 16.3. The Bertz CT molecular complexity index is 690. The quantitative estimate of drug-likeness (QED) is 0.165. The summed E-state index contributed by atoms with van der Waals surface area (Å²) in [7, 11) is 0. The van der Waals surface area contributed by atoms with Gasteiger partial charge < -0.3 is 5.11 Å². The lowest BCUT2D eigenvalue weighted by Gasteiger charge is -2.32. The summed E-state index contributed by atoms with van der Waals surface area (Å²) in [6, 6.07) is 21.4. The summed E-state index contributed by atoms with van der Waals surface area (Å²) in [6.07, 6.45) is 21.3. The second-order valence-electron chi connectivity index (χ2n) is 10.9. The van der Waals surface area contributed by atoms with Crippen LogP contribution >= 0.6 is 0 Å². The number of nitrogens with zero attached hydrogens (tertiary/aromatic N) is 1. The second kappa shape index (κ2) is 20.4. The number of benzene rings is 2. The zero-order chi connectivity index (χ0) is 25.7. The van der Waals surface area contributed by atoms with Gasteiger partial charge in [0.2, 0.25) is 0 Å². The van der Waals surface area contributed by atoms with Crippen molar-refractivity contribution in [2.45, 2.75) is 142 Å². The van der Waals surface area contributed by atoms with Crippen LogP contribution in [0.3, 0.4) is 0 Å². The van der Waals surface area contributed by atoms with Crippen LogP contribution < -0.4 is 0 Å². The molecule has 0 fully saturated rings. The van der Waals surface area contributed by atoms with Crippen molar-refractivity contribution < 1.29 is 5.11 Å². The van der Waals surface area contributed by atoms with Crippen molar-refractivity contribution in [1.82, 2.24) is 4.90 Å². The third kappa shape index (κ3) is 14.2. The molecule has 0 heterocycles. The zero-order valence-electron chi connectivity index (χ0n) is 23.6. The molecule has 2 unspecified atom stereocenters. The van der Waals surface area contributed by atoms with Crippen molar-refractivity contribution >= 4 is 0 Å². The molecule has 1 N–H and O–H groups in total. The fraction of sp³-hybridized carbons (Fsp3) is 0.647. The smallest absolute Gasteiger partial charge is 0.0693 e. The van der Waals surface area contributed by atoms with Crippen LogP contribution in [0.2, 0.25) is 0 Å². The standard InChI is InChI=1S/C34H55NO/c1-3-4-5-6-7-8-9-10-11-12-13-14-15-16-23-28-34(36)31(2)35(29-32-24-19-17-20-25-32)30-33-26-21-18-22-27-33/h17-22,24-27,31,34,36H,3-16,23,28-30H2,1-2H3. The number of unbranched alkanes of at least 4 members (excludes halogenated alkanes) is 14. The van der Waals surface area contributed by atoms with E-state index < -0.39 is 0 Å². The minimum absolute atomic E-state index is 0.136. The molecule has 0 aromatic heterocycles. The van der Waals surface area contributed by atoms with E-state index in [-0.39, 0.29) is 12.1 Å². The van der Waals surface area contributed by atoms with Gasteiger partial charge in [-0.25, -0.2) is 0 Å². The molecule has 0 spiro atoms. The van der Waals surface area contributed by atoms with E-state index in [1.165, 1.54) is 101 Å². The lowest BCUT2D eigenvalue weighted by Crippen LogP contribution is -2.40. The highest BCUT2D eigenvalue weighted by Crippen LogP contribution is 2.19. The maximum absolute atomic E-state index is 11.0. The maximum atomic E-state index is 11.0. The molecule has 0 aliphatic rings. The molecule has 0 saturated heterocycles. The van der Waals surface area contributed by atoms with Gasteiger partial charge in [0.15, 0.2) is 0 Å². The van der Waals surface area contributed by atoms with E-state index in [0.717, 1.165) is 25.9 Å². The van der Waals surface area contributed by atoms with Gasteiger partial charge in [-0.05, 0) is 24.5 Å². The molecule has 2 nitrogen and oxygen atoms in total. The third-order valence-corrected chi connectivity index (χ3v) is 7.69. The Balaban J connectivity index is 1.57. The van der Waals surface area contributed by atoms with Crippen molar-refractivity contribution in [3.05, 3.63) is 71.8 Å². The summed E-state index contributed by atoms with van der Waals surface area (Å²) in [6.45, 7) is 6.22. The highest BCUT2D eigenvalue weighted by molar-refractivity contribution is 5.17. The van der Waals surface area contributed by atoms with Crippen molar-refractivity contribution in [2.24, 2.45) is 0 Å². The van der Waals surface area contributed by atoms with Crippen LogP contribution in [0.1, 0.15) is 128 Å². The van der Waals surface area contributed by atoms with Gasteiger partial charge in [0, 0.05) is 19.1 Å². The second-order valence-corrected chi connectivity index (χ2v) is 10.9. The van der Waals surface area contributed by atoms with Crippen LogP contribution in [0.4, 0.5) is 0 Å². The van der Waals surface area contributed by atoms with Crippen LogP contribution in [0, 0.1) is 0 Å². The van der Waals surface area contributed by atoms with Crippen molar-refractivity contribution in [1.29, 1.82) is 0 Å². The monoisotopic (exact) mass is 493 g/mol. The van der Waals surface area contributed by atoms with Crippen LogP contribution in [-0.4, -0.2) is 22.2 Å². The largest absolute Gasteiger partial charge is 0.392 e. The number of rotatable bonds is 22. The molecule has 0 amide bonds. The van der Waals surface area contributed by atoms with Gasteiger partial charge in [0.05, 0.1) is 6.10 Å². The first-order chi connectivity index (χ1) is 17.7. The Morgan fingerprint density at radius 3 is 1.31 bits per heavy atom. The van der Waals surface area contributed by atoms with Crippen molar-refractivity contribution in [3.63, 3.8) is 0 Å². The summed E-state index contributed by atoms with van der Waals surface area (Å²) < 4.78 is 0. The number of hydrogen-bond donors (Lipinski definition) is 1. The van der Waals surface area contributed by atoms with E-state index in [4.69, 9.17) is 0 Å². The Morgan fingerprint density at radius 1 is 0.556 bits per heavy atom. The van der Waals surface area contributed by atoms with Crippen molar-refractivity contribution in [3.8, 4) is 0 Å². The van der Waals surface area contributed by atoms with E-state index in [9.17, 15) is 5.11 Å². The summed E-state index contributed by atoms with van der Waals surface area (Å²) in [5.41, 5.74) is 2.61. The molecule has 0 saturated carbocycles. The van der Waals surface area contributed by atoms with Gasteiger partial charge >= 0.3 is 0 Å². The molecule has 2 atom stereocenters. The highest BCUT2D eigenvalue weighted by Gasteiger charge is 2.22. The molecule has 2 heteroatoms. The number of aliphatic hydroxyl groups excluding tert-OH is 1. The molecular formula is C34H55NO. The molecule has 2 aromatic rings. The predicted molar refractivity (Wildman–Crippen MR) is 157 cm³/mol.